The number of benzene rings is 2. The summed E-state index contributed by atoms with van der Waals surface area (Å²) in [6.45, 7) is 4.28. The van der Waals surface area contributed by atoms with Crippen molar-refractivity contribution in [3.8, 4) is 0 Å². The van der Waals surface area contributed by atoms with E-state index in [1.807, 2.05) is 24.3 Å². The number of hydrogen-bond acceptors (Lipinski definition) is 2. The Kier molecular flexibility index (Phi) is 5.42. The van der Waals surface area contributed by atoms with E-state index in [4.69, 9.17) is 0 Å². The number of nitrogens with one attached hydrogen (secondary N) is 1. The van der Waals surface area contributed by atoms with Crippen LogP contribution >= 0.6 is 0 Å². The Bertz CT molecular complexity index is 646. The highest BCUT2D eigenvalue weighted by Gasteiger charge is 2.02. The number of rotatable bonds is 5. The zero-order valence-corrected chi connectivity index (χ0v) is 12.7. The van der Waals surface area contributed by atoms with Crippen LogP contribution in [0.3, 0.4) is 0 Å². The first-order valence-corrected chi connectivity index (χ1v) is 7.21. The van der Waals surface area contributed by atoms with Crippen LogP contribution in [0.25, 0.3) is 0 Å². The third-order valence-electron chi connectivity index (χ3n) is 3.28. The average molecular weight is 298 g/mol. The molecule has 0 bridgehead atoms. The van der Waals surface area contributed by atoms with E-state index in [1.54, 1.807) is 18.3 Å². The van der Waals surface area contributed by atoms with Gasteiger partial charge in [-0.15, -0.1) is 0 Å². The maximum Gasteiger partial charge on any atom is 0.244 e. The minimum absolute atomic E-state index is 0.171. The lowest BCUT2D eigenvalue weighted by Gasteiger charge is -2.04. The quantitative estimate of drug-likeness (QED) is 0.664. The molecule has 1 amide bonds. The first kappa shape index (κ1) is 15.9. The standard InChI is InChI=1S/C18H19FN2O/c1-13(2)16-7-3-15(4-8-16)12-20-21-18(22)11-14-5-9-17(19)10-6-14/h3-10,12-13H,11H2,1-2H3,(H,21,22)/b20-12+. The van der Waals surface area contributed by atoms with Crippen LogP contribution in [0, 0.1) is 5.82 Å². The molecule has 0 saturated carbocycles. The topological polar surface area (TPSA) is 41.5 Å². The normalized spacial score (nSPS) is 11.1. The summed E-state index contributed by atoms with van der Waals surface area (Å²) in [4.78, 5) is 11.7. The van der Waals surface area contributed by atoms with Crippen LogP contribution < -0.4 is 5.43 Å². The maximum atomic E-state index is 12.8. The fraction of sp³-hybridized carbons (Fsp3) is 0.222. The zero-order valence-electron chi connectivity index (χ0n) is 12.7. The smallest absolute Gasteiger partial charge is 0.244 e. The highest BCUT2D eigenvalue weighted by atomic mass is 19.1. The molecule has 0 radical (unpaired) electrons. The molecule has 4 heteroatoms. The van der Waals surface area contributed by atoms with Crippen LogP contribution in [0.1, 0.15) is 36.5 Å². The van der Waals surface area contributed by atoms with Gasteiger partial charge in [-0.25, -0.2) is 9.82 Å². The maximum absolute atomic E-state index is 12.8. The molecule has 0 aliphatic carbocycles. The van der Waals surface area contributed by atoms with Crippen molar-refractivity contribution in [3.63, 3.8) is 0 Å². The molecule has 1 N–H and O–H groups in total. The molecular weight excluding hydrogens is 279 g/mol. The molecule has 0 fully saturated rings. The van der Waals surface area contributed by atoms with Crippen molar-refractivity contribution in [1.82, 2.24) is 5.43 Å². The number of hydrogen-bond donors (Lipinski definition) is 1. The second kappa shape index (κ2) is 7.50. The van der Waals surface area contributed by atoms with Crippen molar-refractivity contribution in [2.75, 3.05) is 0 Å². The Hall–Kier alpha value is -2.49. The lowest BCUT2D eigenvalue weighted by Crippen LogP contribution is -2.19. The summed E-state index contributed by atoms with van der Waals surface area (Å²) < 4.78 is 12.8. The van der Waals surface area contributed by atoms with Gasteiger partial charge in [-0.2, -0.15) is 5.10 Å². The van der Waals surface area contributed by atoms with E-state index < -0.39 is 0 Å². The third-order valence-corrected chi connectivity index (χ3v) is 3.28. The van der Waals surface area contributed by atoms with Crippen molar-refractivity contribution < 1.29 is 9.18 Å². The van der Waals surface area contributed by atoms with Gasteiger partial charge < -0.3 is 0 Å². The van der Waals surface area contributed by atoms with Crippen LogP contribution in [-0.2, 0) is 11.2 Å². The number of nitrogens with zero attached hydrogens (tertiary/aromatic N) is 1. The van der Waals surface area contributed by atoms with E-state index in [0.717, 1.165) is 11.1 Å². The molecular formula is C18H19FN2O. The van der Waals surface area contributed by atoms with Crippen molar-refractivity contribution in [3.05, 3.63) is 71.0 Å². The Morgan fingerprint density at radius 3 is 2.36 bits per heavy atom. The van der Waals surface area contributed by atoms with Gasteiger partial charge in [0.05, 0.1) is 12.6 Å². The second-order valence-electron chi connectivity index (χ2n) is 5.42. The van der Waals surface area contributed by atoms with E-state index in [1.165, 1.54) is 17.7 Å². The zero-order chi connectivity index (χ0) is 15.9. The molecule has 22 heavy (non-hydrogen) atoms. The summed E-state index contributed by atoms with van der Waals surface area (Å²) in [7, 11) is 0. The fourth-order valence-corrected chi connectivity index (χ4v) is 1.97. The minimum atomic E-state index is -0.313. The van der Waals surface area contributed by atoms with Gasteiger partial charge in [0.1, 0.15) is 5.82 Å². The van der Waals surface area contributed by atoms with E-state index in [2.05, 4.69) is 24.4 Å². The first-order valence-electron chi connectivity index (χ1n) is 7.21. The highest BCUT2D eigenvalue weighted by molar-refractivity contribution is 5.83. The van der Waals surface area contributed by atoms with E-state index in [9.17, 15) is 9.18 Å². The Morgan fingerprint density at radius 1 is 1.14 bits per heavy atom. The van der Waals surface area contributed by atoms with Crippen molar-refractivity contribution in [2.45, 2.75) is 26.2 Å². The van der Waals surface area contributed by atoms with Crippen LogP contribution in [0.15, 0.2) is 53.6 Å². The van der Waals surface area contributed by atoms with Crippen LogP contribution in [0.5, 0.6) is 0 Å². The monoisotopic (exact) mass is 298 g/mol. The van der Waals surface area contributed by atoms with E-state index in [0.29, 0.717) is 5.92 Å². The SMILES string of the molecule is CC(C)c1ccc(/C=N/NC(=O)Cc2ccc(F)cc2)cc1. The molecule has 2 aromatic rings. The third kappa shape index (κ3) is 4.81. The fourth-order valence-electron chi connectivity index (χ4n) is 1.97. The Balaban J connectivity index is 1.86. The van der Waals surface area contributed by atoms with E-state index >= 15 is 0 Å². The van der Waals surface area contributed by atoms with E-state index in [-0.39, 0.29) is 18.1 Å². The molecule has 0 atom stereocenters. The molecule has 0 spiro atoms. The van der Waals surface area contributed by atoms with Gasteiger partial charge in [0.15, 0.2) is 0 Å². The molecule has 114 valence electrons. The molecule has 0 heterocycles. The number of amides is 1. The van der Waals surface area contributed by atoms with Crippen molar-refractivity contribution in [2.24, 2.45) is 5.10 Å². The summed E-state index contributed by atoms with van der Waals surface area (Å²) in [6.07, 6.45) is 1.77. The lowest BCUT2D eigenvalue weighted by molar-refractivity contribution is -0.120. The lowest BCUT2D eigenvalue weighted by atomic mass is 10.0. The van der Waals surface area contributed by atoms with Crippen LogP contribution in [0.2, 0.25) is 0 Å². The van der Waals surface area contributed by atoms with Gasteiger partial charge in [0.25, 0.3) is 0 Å². The van der Waals surface area contributed by atoms with Crippen LogP contribution in [0.4, 0.5) is 4.39 Å². The van der Waals surface area contributed by atoms with Gasteiger partial charge in [-0.1, -0.05) is 50.2 Å². The van der Waals surface area contributed by atoms with Crippen molar-refractivity contribution >= 4 is 12.1 Å². The van der Waals surface area contributed by atoms with Gasteiger partial charge in [0, 0.05) is 0 Å². The van der Waals surface area contributed by atoms with Gasteiger partial charge in [-0.3, -0.25) is 4.79 Å². The molecule has 0 saturated heterocycles. The Labute approximate surface area is 129 Å². The predicted molar refractivity (Wildman–Crippen MR) is 86.4 cm³/mol. The minimum Gasteiger partial charge on any atom is -0.273 e. The molecule has 0 aromatic heterocycles. The molecule has 0 unspecified atom stereocenters. The summed E-state index contributed by atoms with van der Waals surface area (Å²) in [5.74, 6) is -0.0601. The second-order valence-corrected chi connectivity index (χ2v) is 5.42. The highest BCUT2D eigenvalue weighted by Crippen LogP contribution is 2.13. The number of hydrazone groups is 1. The first-order chi connectivity index (χ1) is 10.5. The molecule has 2 rings (SSSR count). The number of halogens is 1. The predicted octanol–water partition coefficient (Wildman–Crippen LogP) is 3.64. The molecule has 3 nitrogen and oxygen atoms in total. The number of carbonyl (C=O) groups is 1. The van der Waals surface area contributed by atoms with Gasteiger partial charge in [0.2, 0.25) is 5.91 Å². The largest absolute Gasteiger partial charge is 0.273 e. The number of carbonyl (C=O) groups excluding carboxylic acids is 1. The van der Waals surface area contributed by atoms with Crippen LogP contribution in [-0.4, -0.2) is 12.1 Å². The summed E-state index contributed by atoms with van der Waals surface area (Å²) in [5.41, 5.74) is 5.40. The molecule has 2 aromatic carbocycles. The Morgan fingerprint density at radius 2 is 1.77 bits per heavy atom. The van der Waals surface area contributed by atoms with Crippen molar-refractivity contribution in [1.29, 1.82) is 0 Å². The summed E-state index contributed by atoms with van der Waals surface area (Å²) in [5, 5.41) is 3.93. The van der Waals surface area contributed by atoms with Gasteiger partial charge in [-0.05, 0) is 34.7 Å². The molecule has 0 aliphatic heterocycles. The average Bonchev–Trinajstić information content (AvgIpc) is 2.50. The van der Waals surface area contributed by atoms with Gasteiger partial charge >= 0.3 is 0 Å². The summed E-state index contributed by atoms with van der Waals surface area (Å²) >= 11 is 0. The summed E-state index contributed by atoms with van der Waals surface area (Å²) in [6, 6.07) is 13.9. The molecule has 0 aliphatic rings.